The molecule has 1 aromatic heterocycles. The summed E-state index contributed by atoms with van der Waals surface area (Å²) in [5, 5.41) is 15.5. The number of thiophene rings is 1. The van der Waals surface area contributed by atoms with Crippen molar-refractivity contribution in [1.29, 1.82) is 0 Å². The molecule has 0 radical (unpaired) electrons. The van der Waals surface area contributed by atoms with Gasteiger partial charge < -0.3 is 10.4 Å². The van der Waals surface area contributed by atoms with E-state index in [2.05, 4.69) is 5.32 Å². The highest BCUT2D eigenvalue weighted by Crippen LogP contribution is 2.29. The summed E-state index contributed by atoms with van der Waals surface area (Å²) in [6, 6.07) is 7.87. The van der Waals surface area contributed by atoms with Gasteiger partial charge in [0.2, 0.25) is 5.91 Å². The third-order valence-electron chi connectivity index (χ3n) is 2.48. The molecule has 0 bridgehead atoms. The van der Waals surface area contributed by atoms with Crippen LogP contribution in [0.1, 0.15) is 11.7 Å². The first-order chi connectivity index (χ1) is 8.22. The first kappa shape index (κ1) is 12.4. The number of nitrogens with one attached hydrogen (secondary N) is 1. The first-order valence-corrected chi connectivity index (χ1v) is 6.60. The van der Waals surface area contributed by atoms with Crippen molar-refractivity contribution < 1.29 is 9.90 Å². The van der Waals surface area contributed by atoms with Crippen molar-refractivity contribution in [2.75, 3.05) is 12.4 Å². The van der Waals surface area contributed by atoms with Gasteiger partial charge in [-0.1, -0.05) is 18.2 Å². The van der Waals surface area contributed by atoms with E-state index in [1.54, 1.807) is 11.3 Å². The fourth-order valence-corrected chi connectivity index (χ4v) is 2.73. The molecule has 90 valence electrons. The fourth-order valence-electron chi connectivity index (χ4n) is 1.62. The molecular weight excluding hydrogens is 258 g/mol. The maximum atomic E-state index is 11.0. The maximum absolute atomic E-state index is 11.0. The molecule has 0 spiro atoms. The normalized spacial score (nSPS) is 12.6. The number of rotatable bonds is 4. The van der Waals surface area contributed by atoms with E-state index in [1.165, 1.54) is 0 Å². The largest absolute Gasteiger partial charge is 0.387 e. The summed E-state index contributed by atoms with van der Waals surface area (Å²) >= 11 is 6.95. The Kier molecular flexibility index (Phi) is 3.99. The number of carbonyl (C=O) groups excluding carboxylic acids is 1. The van der Waals surface area contributed by atoms with Crippen molar-refractivity contribution in [2.24, 2.45) is 0 Å². The molecule has 17 heavy (non-hydrogen) atoms. The van der Waals surface area contributed by atoms with E-state index in [-0.39, 0.29) is 18.3 Å². The minimum Gasteiger partial charge on any atom is -0.387 e. The Bertz CT molecular complexity index is 526. The van der Waals surface area contributed by atoms with Crippen LogP contribution < -0.4 is 5.32 Å². The van der Waals surface area contributed by atoms with Gasteiger partial charge in [-0.3, -0.25) is 4.79 Å². The molecule has 5 heteroatoms. The molecule has 0 saturated heterocycles. The van der Waals surface area contributed by atoms with Gasteiger partial charge in [0, 0.05) is 16.8 Å². The summed E-state index contributed by atoms with van der Waals surface area (Å²) in [5.41, 5.74) is 0.848. The number of aliphatic hydroxyl groups is 1. The van der Waals surface area contributed by atoms with E-state index in [9.17, 15) is 9.90 Å². The Morgan fingerprint density at radius 2 is 2.24 bits per heavy atom. The Morgan fingerprint density at radius 1 is 1.47 bits per heavy atom. The molecule has 0 saturated carbocycles. The van der Waals surface area contributed by atoms with Crippen LogP contribution in [-0.4, -0.2) is 23.4 Å². The molecule has 1 atom stereocenters. The number of halogens is 1. The average molecular weight is 270 g/mol. The van der Waals surface area contributed by atoms with E-state index in [0.717, 1.165) is 15.6 Å². The molecule has 2 N–H and O–H groups in total. The summed E-state index contributed by atoms with van der Waals surface area (Å²) in [7, 11) is 0. The van der Waals surface area contributed by atoms with E-state index in [4.69, 9.17) is 11.6 Å². The smallest absolute Gasteiger partial charge is 0.235 e. The Hall–Kier alpha value is -1.10. The van der Waals surface area contributed by atoms with Crippen LogP contribution in [0.25, 0.3) is 10.1 Å². The highest BCUT2D eigenvalue weighted by molar-refractivity contribution is 7.17. The van der Waals surface area contributed by atoms with Crippen LogP contribution in [0.15, 0.2) is 29.6 Å². The van der Waals surface area contributed by atoms with Gasteiger partial charge in [0.25, 0.3) is 0 Å². The second-order valence-electron chi connectivity index (χ2n) is 3.64. The number of hydrogen-bond donors (Lipinski definition) is 2. The summed E-state index contributed by atoms with van der Waals surface area (Å²) < 4.78 is 1.13. The van der Waals surface area contributed by atoms with Crippen molar-refractivity contribution in [2.45, 2.75) is 6.10 Å². The average Bonchev–Trinajstić information content (AvgIpc) is 2.79. The Morgan fingerprint density at radius 3 is 3.00 bits per heavy atom. The van der Waals surface area contributed by atoms with Crippen LogP contribution in [0.4, 0.5) is 0 Å². The van der Waals surface area contributed by atoms with Gasteiger partial charge in [-0.25, -0.2) is 0 Å². The van der Waals surface area contributed by atoms with Gasteiger partial charge in [-0.2, -0.15) is 0 Å². The lowest BCUT2D eigenvalue weighted by molar-refractivity contribution is -0.119. The molecule has 0 aliphatic carbocycles. The third-order valence-corrected chi connectivity index (χ3v) is 3.71. The predicted molar refractivity (Wildman–Crippen MR) is 70.5 cm³/mol. The molecule has 3 nitrogen and oxygen atoms in total. The quantitative estimate of drug-likeness (QED) is 0.837. The number of benzene rings is 1. The molecule has 1 aromatic carbocycles. The maximum Gasteiger partial charge on any atom is 0.235 e. The van der Waals surface area contributed by atoms with E-state index in [1.807, 2.05) is 29.6 Å². The van der Waals surface area contributed by atoms with Crippen LogP contribution in [0.3, 0.4) is 0 Å². The van der Waals surface area contributed by atoms with Crippen LogP contribution in [-0.2, 0) is 4.79 Å². The second kappa shape index (κ2) is 5.49. The summed E-state index contributed by atoms with van der Waals surface area (Å²) in [6.07, 6.45) is -0.696. The van der Waals surface area contributed by atoms with E-state index in [0.29, 0.717) is 0 Å². The molecule has 0 aliphatic heterocycles. The summed E-state index contributed by atoms with van der Waals surface area (Å²) in [6.45, 7) is 0.187. The lowest BCUT2D eigenvalue weighted by Crippen LogP contribution is -2.29. The lowest BCUT2D eigenvalue weighted by Gasteiger charge is -2.10. The van der Waals surface area contributed by atoms with Crippen LogP contribution >= 0.6 is 22.9 Å². The highest BCUT2D eigenvalue weighted by atomic mass is 35.5. The summed E-state index contributed by atoms with van der Waals surface area (Å²) in [4.78, 5) is 11.0. The zero-order valence-corrected chi connectivity index (χ0v) is 10.6. The highest BCUT2D eigenvalue weighted by Gasteiger charge is 2.13. The summed E-state index contributed by atoms with van der Waals surface area (Å²) in [5.74, 6) is -0.359. The standard InChI is InChI=1S/C12H12ClNO2S/c13-5-12(16)14-6-10(15)9-7-17-11-4-2-1-3-8(9)11/h1-4,7,10,15H,5-6H2,(H,14,16). The van der Waals surface area contributed by atoms with Gasteiger partial charge in [0.15, 0.2) is 0 Å². The number of aliphatic hydroxyl groups excluding tert-OH is 1. The minimum absolute atomic E-state index is 0.0862. The van der Waals surface area contributed by atoms with Crippen molar-refractivity contribution in [1.82, 2.24) is 5.32 Å². The van der Waals surface area contributed by atoms with Crippen LogP contribution in [0, 0.1) is 0 Å². The van der Waals surface area contributed by atoms with Gasteiger partial charge in [0.05, 0.1) is 6.10 Å². The SMILES string of the molecule is O=C(CCl)NCC(O)c1csc2ccccc12. The molecule has 1 amide bonds. The molecule has 0 fully saturated rings. The minimum atomic E-state index is -0.696. The van der Waals surface area contributed by atoms with Gasteiger partial charge in [-0.05, 0) is 16.8 Å². The van der Waals surface area contributed by atoms with Crippen LogP contribution in [0.5, 0.6) is 0 Å². The monoisotopic (exact) mass is 269 g/mol. The number of carbonyl (C=O) groups is 1. The Balaban J connectivity index is 2.13. The number of amides is 1. The first-order valence-electron chi connectivity index (χ1n) is 5.19. The Labute approximate surface area is 108 Å². The molecule has 1 unspecified atom stereocenters. The molecular formula is C12H12ClNO2S. The van der Waals surface area contributed by atoms with E-state index >= 15 is 0 Å². The fraction of sp³-hybridized carbons (Fsp3) is 0.250. The lowest BCUT2D eigenvalue weighted by atomic mass is 10.1. The van der Waals surface area contributed by atoms with Gasteiger partial charge >= 0.3 is 0 Å². The number of fused-ring (bicyclic) bond motifs is 1. The topological polar surface area (TPSA) is 49.3 Å². The second-order valence-corrected chi connectivity index (χ2v) is 4.82. The van der Waals surface area contributed by atoms with Crippen molar-refractivity contribution in [3.8, 4) is 0 Å². The third kappa shape index (κ3) is 2.77. The number of alkyl halides is 1. The molecule has 2 rings (SSSR count). The van der Waals surface area contributed by atoms with Crippen LogP contribution in [0.2, 0.25) is 0 Å². The molecule has 2 aromatic rings. The predicted octanol–water partition coefficient (Wildman–Crippen LogP) is 2.29. The van der Waals surface area contributed by atoms with E-state index < -0.39 is 6.10 Å². The van der Waals surface area contributed by atoms with Crippen molar-refractivity contribution >= 4 is 38.9 Å². The molecule has 1 heterocycles. The number of hydrogen-bond acceptors (Lipinski definition) is 3. The van der Waals surface area contributed by atoms with Gasteiger partial charge in [0.1, 0.15) is 5.88 Å². The van der Waals surface area contributed by atoms with Crippen molar-refractivity contribution in [3.63, 3.8) is 0 Å². The molecule has 0 aliphatic rings. The zero-order chi connectivity index (χ0) is 12.3. The zero-order valence-electron chi connectivity index (χ0n) is 9.02. The van der Waals surface area contributed by atoms with Gasteiger partial charge in [-0.15, -0.1) is 22.9 Å². The van der Waals surface area contributed by atoms with Crippen molar-refractivity contribution in [3.05, 3.63) is 35.2 Å².